The minimum atomic E-state index is 0.244. The Hall–Kier alpha value is -0.170. The Morgan fingerprint density at radius 3 is 2.42 bits per heavy atom. The van der Waals surface area contributed by atoms with Gasteiger partial charge in [0.25, 0.3) is 0 Å². The molecule has 0 bridgehead atoms. The Balaban J connectivity index is 3.67. The predicted octanol–water partition coefficient (Wildman–Crippen LogP) is 4.24. The first-order valence-electron chi connectivity index (χ1n) is 4.42. The van der Waals surface area contributed by atoms with Crippen LogP contribution in [0.4, 0.5) is 0 Å². The molecule has 0 saturated heterocycles. The van der Waals surface area contributed by atoms with Gasteiger partial charge in [-0.2, -0.15) is 0 Å². The topological polar surface area (TPSA) is 0 Å². The van der Waals surface area contributed by atoms with Crippen molar-refractivity contribution in [3.63, 3.8) is 0 Å². The van der Waals surface area contributed by atoms with Crippen molar-refractivity contribution in [3.8, 4) is 0 Å². The monoisotopic (exact) mass is 184 g/mol. The van der Waals surface area contributed by atoms with Gasteiger partial charge >= 0.3 is 0 Å². The van der Waals surface area contributed by atoms with Crippen molar-refractivity contribution in [1.82, 2.24) is 0 Å². The molecule has 0 rings (SSSR count). The molecule has 0 atom stereocenters. The van der Waals surface area contributed by atoms with Gasteiger partial charge in [-0.15, -0.1) is 18.3 Å². The number of hydrogen-bond donors (Lipinski definition) is 0. The first kappa shape index (κ1) is 11.8. The Morgan fingerprint density at radius 2 is 2.00 bits per heavy atom. The number of hydrogen-bond acceptors (Lipinski definition) is 1. The van der Waals surface area contributed by atoms with Gasteiger partial charge in [0.15, 0.2) is 0 Å². The van der Waals surface area contributed by atoms with Crippen LogP contribution >= 0.6 is 11.8 Å². The highest BCUT2D eigenvalue weighted by atomic mass is 32.2. The summed E-state index contributed by atoms with van der Waals surface area (Å²) in [6.07, 6.45) is 5.32. The van der Waals surface area contributed by atoms with Crippen LogP contribution in [0.25, 0.3) is 0 Å². The molecule has 70 valence electrons. The molecule has 0 aliphatic heterocycles. The van der Waals surface area contributed by atoms with E-state index in [9.17, 15) is 0 Å². The average molecular weight is 184 g/mol. The van der Waals surface area contributed by atoms with E-state index in [4.69, 9.17) is 0 Å². The molecule has 0 fully saturated rings. The normalized spacial score (nSPS) is 12.8. The van der Waals surface area contributed by atoms with E-state index in [0.29, 0.717) is 5.25 Å². The highest BCUT2D eigenvalue weighted by molar-refractivity contribution is 8.02. The standard InChI is InChI=1S/C11H20S/c1-6-11(4,5)8-7-9-12-10(2)3/h6-7,9-10H,1,8H2,2-5H3. The molecule has 0 heterocycles. The molecule has 0 N–H and O–H groups in total. The van der Waals surface area contributed by atoms with E-state index in [-0.39, 0.29) is 5.41 Å². The van der Waals surface area contributed by atoms with Crippen molar-refractivity contribution in [2.75, 3.05) is 0 Å². The van der Waals surface area contributed by atoms with Crippen LogP contribution < -0.4 is 0 Å². The van der Waals surface area contributed by atoms with E-state index in [1.807, 2.05) is 17.8 Å². The zero-order chi connectivity index (χ0) is 9.61. The predicted molar refractivity (Wildman–Crippen MR) is 60.5 cm³/mol. The molecule has 0 amide bonds. The van der Waals surface area contributed by atoms with Gasteiger partial charge < -0.3 is 0 Å². The highest BCUT2D eigenvalue weighted by Crippen LogP contribution is 2.22. The molecule has 0 aromatic rings. The SMILES string of the molecule is C=CC(C)(C)CC=CSC(C)C. The molecular weight excluding hydrogens is 164 g/mol. The van der Waals surface area contributed by atoms with Crippen molar-refractivity contribution in [2.45, 2.75) is 39.4 Å². The fourth-order valence-electron chi connectivity index (χ4n) is 0.648. The lowest BCUT2D eigenvalue weighted by Gasteiger charge is -2.16. The summed E-state index contributed by atoms with van der Waals surface area (Å²) in [5, 5.41) is 2.88. The Bertz CT molecular complexity index is 154. The summed E-state index contributed by atoms with van der Waals surface area (Å²) in [5.41, 5.74) is 0.244. The van der Waals surface area contributed by atoms with Crippen molar-refractivity contribution in [3.05, 3.63) is 24.1 Å². The maximum atomic E-state index is 3.81. The van der Waals surface area contributed by atoms with E-state index in [1.54, 1.807) is 0 Å². The summed E-state index contributed by atoms with van der Waals surface area (Å²) in [5.74, 6) is 0. The summed E-state index contributed by atoms with van der Waals surface area (Å²) in [6, 6.07) is 0. The number of thioether (sulfide) groups is 1. The summed E-state index contributed by atoms with van der Waals surface area (Å²) in [6.45, 7) is 12.6. The van der Waals surface area contributed by atoms with E-state index in [2.05, 4.69) is 45.8 Å². The lowest BCUT2D eigenvalue weighted by molar-refractivity contribution is 0.490. The van der Waals surface area contributed by atoms with Crippen LogP contribution in [0.1, 0.15) is 34.1 Å². The van der Waals surface area contributed by atoms with Gasteiger partial charge in [0.05, 0.1) is 0 Å². The van der Waals surface area contributed by atoms with Crippen molar-refractivity contribution < 1.29 is 0 Å². The number of allylic oxidation sites excluding steroid dienone is 2. The van der Waals surface area contributed by atoms with Gasteiger partial charge in [-0.05, 0) is 17.2 Å². The van der Waals surface area contributed by atoms with Gasteiger partial charge in [-0.3, -0.25) is 0 Å². The highest BCUT2D eigenvalue weighted by Gasteiger charge is 2.09. The van der Waals surface area contributed by atoms with Crippen LogP contribution in [0.3, 0.4) is 0 Å². The molecule has 12 heavy (non-hydrogen) atoms. The Morgan fingerprint density at radius 1 is 1.42 bits per heavy atom. The third kappa shape index (κ3) is 6.53. The maximum Gasteiger partial charge on any atom is 0.00316 e. The first-order chi connectivity index (χ1) is 5.48. The average Bonchev–Trinajstić information content (AvgIpc) is 1.98. The molecule has 0 spiro atoms. The second-order valence-electron chi connectivity index (χ2n) is 3.95. The maximum absolute atomic E-state index is 3.81. The first-order valence-corrected chi connectivity index (χ1v) is 5.36. The zero-order valence-corrected chi connectivity index (χ0v) is 9.45. The molecule has 0 nitrogen and oxygen atoms in total. The summed E-state index contributed by atoms with van der Waals surface area (Å²) >= 11 is 1.87. The van der Waals surface area contributed by atoms with Crippen LogP contribution in [0.2, 0.25) is 0 Å². The molecule has 0 aliphatic carbocycles. The minimum absolute atomic E-state index is 0.244. The molecule has 0 aliphatic rings. The van der Waals surface area contributed by atoms with Gasteiger partial charge in [-0.1, -0.05) is 39.8 Å². The largest absolute Gasteiger partial charge is 0.132 e. The molecular formula is C11H20S. The second-order valence-corrected chi connectivity index (χ2v) is 5.44. The van der Waals surface area contributed by atoms with E-state index in [0.717, 1.165) is 6.42 Å². The van der Waals surface area contributed by atoms with Gasteiger partial charge in [0, 0.05) is 5.25 Å². The Kier molecular flexibility index (Phi) is 5.39. The smallest absolute Gasteiger partial charge is 0.00316 e. The van der Waals surface area contributed by atoms with Gasteiger partial charge in [0.2, 0.25) is 0 Å². The molecule has 0 unspecified atom stereocenters. The van der Waals surface area contributed by atoms with Crippen LogP contribution in [-0.2, 0) is 0 Å². The minimum Gasteiger partial charge on any atom is -0.132 e. The van der Waals surface area contributed by atoms with Gasteiger partial charge in [0.1, 0.15) is 0 Å². The summed E-state index contributed by atoms with van der Waals surface area (Å²) < 4.78 is 0. The fraction of sp³-hybridized carbons (Fsp3) is 0.636. The Labute approximate surface area is 81.1 Å². The molecule has 1 heteroatoms. The van der Waals surface area contributed by atoms with Crippen molar-refractivity contribution in [1.29, 1.82) is 0 Å². The van der Waals surface area contributed by atoms with Gasteiger partial charge in [-0.25, -0.2) is 0 Å². The van der Waals surface area contributed by atoms with Crippen LogP contribution in [0, 0.1) is 5.41 Å². The lowest BCUT2D eigenvalue weighted by Crippen LogP contribution is -2.03. The van der Waals surface area contributed by atoms with Crippen LogP contribution in [-0.4, -0.2) is 5.25 Å². The quantitative estimate of drug-likeness (QED) is 0.576. The molecule has 0 radical (unpaired) electrons. The second kappa shape index (κ2) is 5.47. The van der Waals surface area contributed by atoms with Crippen molar-refractivity contribution in [2.24, 2.45) is 5.41 Å². The molecule has 0 aromatic heterocycles. The van der Waals surface area contributed by atoms with Crippen LogP contribution in [0.15, 0.2) is 24.1 Å². The summed E-state index contributed by atoms with van der Waals surface area (Å²) in [7, 11) is 0. The number of rotatable bonds is 5. The third-order valence-corrected chi connectivity index (χ3v) is 2.54. The van der Waals surface area contributed by atoms with Crippen LogP contribution in [0.5, 0.6) is 0 Å². The molecule has 0 saturated carbocycles. The lowest BCUT2D eigenvalue weighted by atomic mass is 9.90. The van der Waals surface area contributed by atoms with E-state index < -0.39 is 0 Å². The zero-order valence-electron chi connectivity index (χ0n) is 8.63. The fourth-order valence-corrected chi connectivity index (χ4v) is 1.17. The van der Waals surface area contributed by atoms with E-state index in [1.165, 1.54) is 0 Å². The molecule has 0 aromatic carbocycles. The summed E-state index contributed by atoms with van der Waals surface area (Å²) in [4.78, 5) is 0. The van der Waals surface area contributed by atoms with Crippen molar-refractivity contribution >= 4 is 11.8 Å². The van der Waals surface area contributed by atoms with E-state index >= 15 is 0 Å². The third-order valence-electron chi connectivity index (χ3n) is 1.64.